The second kappa shape index (κ2) is 8.28. The highest BCUT2D eigenvalue weighted by molar-refractivity contribution is 5.89. The minimum absolute atomic E-state index is 0.751. The predicted molar refractivity (Wildman–Crippen MR) is 121 cm³/mol. The van der Waals surface area contributed by atoms with Gasteiger partial charge in [-0.25, -0.2) is 0 Å². The van der Waals surface area contributed by atoms with E-state index in [-0.39, 0.29) is 0 Å². The average molecular weight is 362 g/mol. The maximum Gasteiger partial charge on any atom is 0.0554 e. The summed E-state index contributed by atoms with van der Waals surface area (Å²) in [7, 11) is 0. The lowest BCUT2D eigenvalue weighted by Gasteiger charge is -2.27. The van der Waals surface area contributed by atoms with Crippen molar-refractivity contribution in [2.45, 2.75) is 0 Å². The van der Waals surface area contributed by atoms with Crippen molar-refractivity contribution in [1.29, 1.82) is 0 Å². The van der Waals surface area contributed by atoms with Crippen LogP contribution in [0.15, 0.2) is 109 Å². The second-order valence-electron chi connectivity index (χ2n) is 6.53. The molecule has 4 rings (SSSR count). The van der Waals surface area contributed by atoms with Crippen LogP contribution in [0.2, 0.25) is 0 Å². The smallest absolute Gasteiger partial charge is 0.0554 e. The Hall–Kier alpha value is -3.78. The zero-order valence-corrected chi connectivity index (χ0v) is 15.6. The highest BCUT2D eigenvalue weighted by Crippen LogP contribution is 2.38. The Kier molecular flexibility index (Phi) is 5.21. The van der Waals surface area contributed by atoms with E-state index in [1.807, 2.05) is 42.5 Å². The van der Waals surface area contributed by atoms with Gasteiger partial charge in [0.1, 0.15) is 0 Å². The van der Waals surface area contributed by atoms with Gasteiger partial charge in [-0.3, -0.25) is 0 Å². The van der Waals surface area contributed by atoms with Gasteiger partial charge in [0.25, 0.3) is 0 Å². The molecule has 4 aromatic rings. The van der Waals surface area contributed by atoms with Crippen molar-refractivity contribution in [3.63, 3.8) is 0 Å². The molecule has 0 bridgehead atoms. The molecule has 0 fully saturated rings. The molecular weight excluding hydrogens is 340 g/mol. The zero-order chi connectivity index (χ0) is 19.2. The van der Waals surface area contributed by atoms with Crippen molar-refractivity contribution >= 4 is 34.9 Å². The van der Waals surface area contributed by atoms with Crippen molar-refractivity contribution in [3.8, 4) is 0 Å². The van der Waals surface area contributed by atoms with E-state index in [9.17, 15) is 0 Å². The summed E-state index contributed by atoms with van der Waals surface area (Å²) in [5.74, 6) is 0. The number of nitrogens with zero attached hydrogens (tertiary/aromatic N) is 1. The molecule has 0 aromatic heterocycles. The number of hydrogen-bond donors (Lipinski definition) is 1. The lowest BCUT2D eigenvalue weighted by atomic mass is 10.1. The van der Waals surface area contributed by atoms with Crippen molar-refractivity contribution < 1.29 is 0 Å². The maximum atomic E-state index is 6.40. The van der Waals surface area contributed by atoms with Gasteiger partial charge in [0.15, 0.2) is 0 Å². The molecule has 0 spiro atoms. The normalized spacial score (nSPS) is 10.9. The summed E-state index contributed by atoms with van der Waals surface area (Å²) < 4.78 is 0. The Morgan fingerprint density at radius 3 is 1.64 bits per heavy atom. The number of para-hydroxylation sites is 2. The summed E-state index contributed by atoms with van der Waals surface area (Å²) in [6, 6.07) is 37.0. The fourth-order valence-corrected chi connectivity index (χ4v) is 3.27. The number of nitrogen functional groups attached to an aromatic ring is 1. The highest BCUT2D eigenvalue weighted by atomic mass is 15.1. The summed E-state index contributed by atoms with van der Waals surface area (Å²) >= 11 is 0. The largest absolute Gasteiger partial charge is 0.398 e. The topological polar surface area (TPSA) is 29.3 Å². The van der Waals surface area contributed by atoms with E-state index in [0.29, 0.717) is 0 Å². The van der Waals surface area contributed by atoms with Crippen molar-refractivity contribution in [1.82, 2.24) is 0 Å². The molecule has 136 valence electrons. The quantitative estimate of drug-likeness (QED) is 0.309. The van der Waals surface area contributed by atoms with Gasteiger partial charge in [-0.1, -0.05) is 84.9 Å². The standard InChI is InChI=1S/C26H22N2/c27-25-17-10-18-26(24(25)20-19-21-11-4-1-5-12-21)28(22-13-6-2-7-14-22)23-15-8-3-9-16-23/h1-20H,27H2. The van der Waals surface area contributed by atoms with Gasteiger partial charge in [0.2, 0.25) is 0 Å². The molecule has 2 nitrogen and oxygen atoms in total. The van der Waals surface area contributed by atoms with E-state index in [2.05, 4.69) is 83.8 Å². The van der Waals surface area contributed by atoms with E-state index in [1.54, 1.807) is 0 Å². The molecular formula is C26H22N2. The first-order valence-electron chi connectivity index (χ1n) is 9.35. The van der Waals surface area contributed by atoms with Crippen LogP contribution in [0, 0.1) is 0 Å². The molecule has 0 saturated heterocycles. The van der Waals surface area contributed by atoms with Crippen LogP contribution in [0.25, 0.3) is 12.2 Å². The third-order valence-electron chi connectivity index (χ3n) is 4.63. The molecule has 0 radical (unpaired) electrons. The summed E-state index contributed by atoms with van der Waals surface area (Å²) in [6.45, 7) is 0. The van der Waals surface area contributed by atoms with Crippen molar-refractivity contribution in [2.24, 2.45) is 0 Å². The number of anilines is 4. The van der Waals surface area contributed by atoms with Crippen LogP contribution in [0.4, 0.5) is 22.7 Å². The van der Waals surface area contributed by atoms with E-state index < -0.39 is 0 Å². The molecule has 2 N–H and O–H groups in total. The Balaban J connectivity index is 1.86. The van der Waals surface area contributed by atoms with E-state index in [1.165, 1.54) is 0 Å². The van der Waals surface area contributed by atoms with E-state index in [0.717, 1.165) is 33.9 Å². The van der Waals surface area contributed by atoms with Crippen LogP contribution >= 0.6 is 0 Å². The number of nitrogens with two attached hydrogens (primary N) is 1. The number of rotatable bonds is 5. The van der Waals surface area contributed by atoms with Gasteiger partial charge in [0.05, 0.1) is 5.69 Å². The fraction of sp³-hybridized carbons (Fsp3) is 0. The summed E-state index contributed by atoms with van der Waals surface area (Å²) in [5.41, 5.74) is 12.5. The fourth-order valence-electron chi connectivity index (χ4n) is 3.27. The summed E-state index contributed by atoms with van der Waals surface area (Å²) in [5, 5.41) is 0. The van der Waals surface area contributed by atoms with Crippen LogP contribution in [-0.4, -0.2) is 0 Å². The highest BCUT2D eigenvalue weighted by Gasteiger charge is 2.15. The first-order chi connectivity index (χ1) is 13.8. The molecule has 0 heterocycles. The Morgan fingerprint density at radius 2 is 1.07 bits per heavy atom. The second-order valence-corrected chi connectivity index (χ2v) is 6.53. The molecule has 4 aromatic carbocycles. The van der Waals surface area contributed by atoms with Crippen LogP contribution in [0.1, 0.15) is 11.1 Å². The minimum Gasteiger partial charge on any atom is -0.398 e. The molecule has 2 heteroatoms. The molecule has 0 saturated carbocycles. The van der Waals surface area contributed by atoms with Crippen LogP contribution in [-0.2, 0) is 0 Å². The van der Waals surface area contributed by atoms with Crippen LogP contribution < -0.4 is 10.6 Å². The lowest BCUT2D eigenvalue weighted by Crippen LogP contribution is -2.12. The molecule has 0 amide bonds. The predicted octanol–water partition coefficient (Wildman–Crippen LogP) is 6.91. The minimum atomic E-state index is 0.751. The first-order valence-corrected chi connectivity index (χ1v) is 9.35. The van der Waals surface area contributed by atoms with Gasteiger partial charge in [-0.05, 0) is 42.0 Å². The SMILES string of the molecule is Nc1cccc(N(c2ccccc2)c2ccccc2)c1C=Cc1ccccc1. The summed E-state index contributed by atoms with van der Waals surface area (Å²) in [6.07, 6.45) is 4.20. The van der Waals surface area contributed by atoms with Crippen molar-refractivity contribution in [3.05, 3.63) is 120 Å². The third-order valence-corrected chi connectivity index (χ3v) is 4.63. The Morgan fingerprint density at radius 1 is 0.536 bits per heavy atom. The van der Waals surface area contributed by atoms with Crippen LogP contribution in [0.5, 0.6) is 0 Å². The zero-order valence-electron chi connectivity index (χ0n) is 15.6. The van der Waals surface area contributed by atoms with E-state index in [4.69, 9.17) is 5.73 Å². The Bertz CT molecular complexity index is 1020. The molecule has 0 atom stereocenters. The average Bonchev–Trinajstić information content (AvgIpc) is 2.76. The molecule has 0 aliphatic carbocycles. The summed E-state index contributed by atoms with van der Waals surface area (Å²) in [4.78, 5) is 2.24. The van der Waals surface area contributed by atoms with Crippen molar-refractivity contribution in [2.75, 3.05) is 10.6 Å². The third kappa shape index (κ3) is 3.81. The first kappa shape index (κ1) is 17.6. The molecule has 0 unspecified atom stereocenters. The van der Waals surface area contributed by atoms with E-state index >= 15 is 0 Å². The number of benzene rings is 4. The van der Waals surface area contributed by atoms with Gasteiger partial charge in [-0.2, -0.15) is 0 Å². The van der Waals surface area contributed by atoms with Gasteiger partial charge in [-0.15, -0.1) is 0 Å². The Labute approximate surface area is 166 Å². The van der Waals surface area contributed by atoms with Gasteiger partial charge >= 0.3 is 0 Å². The number of hydrogen-bond acceptors (Lipinski definition) is 2. The molecule has 0 aliphatic heterocycles. The van der Waals surface area contributed by atoms with Gasteiger partial charge < -0.3 is 10.6 Å². The van der Waals surface area contributed by atoms with Gasteiger partial charge in [0, 0.05) is 22.6 Å². The lowest BCUT2D eigenvalue weighted by molar-refractivity contribution is 1.28. The molecule has 0 aliphatic rings. The molecule has 28 heavy (non-hydrogen) atoms. The maximum absolute atomic E-state index is 6.40. The van der Waals surface area contributed by atoms with Crippen LogP contribution in [0.3, 0.4) is 0 Å². The monoisotopic (exact) mass is 362 g/mol.